The summed E-state index contributed by atoms with van der Waals surface area (Å²) in [5, 5.41) is 3.23. The molecule has 0 aliphatic carbocycles. The maximum absolute atomic E-state index is 11.5. The number of thioether (sulfide) groups is 1. The van der Waals surface area contributed by atoms with Crippen molar-refractivity contribution in [2.75, 3.05) is 17.8 Å². The number of primary amides is 1. The Hall–Kier alpha value is -1.84. The van der Waals surface area contributed by atoms with Crippen molar-refractivity contribution in [3.05, 3.63) is 35.0 Å². The molecule has 122 valence electrons. The minimum atomic E-state index is -3.28. The number of nitrogens with zero attached hydrogens (tertiary/aromatic N) is 2. The lowest BCUT2D eigenvalue weighted by atomic mass is 10.2. The van der Waals surface area contributed by atoms with Gasteiger partial charge in [-0.3, -0.25) is 4.79 Å². The third-order valence-electron chi connectivity index (χ3n) is 2.82. The molecule has 10 heteroatoms. The second kappa shape index (κ2) is 6.73. The lowest BCUT2D eigenvalue weighted by Gasteiger charge is -2.11. The molecule has 0 atom stereocenters. The molecule has 1 amide bonds. The van der Waals surface area contributed by atoms with E-state index < -0.39 is 15.7 Å². The number of benzene rings is 1. The Kier molecular flexibility index (Phi) is 5.12. The van der Waals surface area contributed by atoms with Gasteiger partial charge in [-0.05, 0) is 30.5 Å². The van der Waals surface area contributed by atoms with Crippen LogP contribution in [0.2, 0.25) is 5.15 Å². The van der Waals surface area contributed by atoms with Crippen molar-refractivity contribution in [3.63, 3.8) is 0 Å². The summed E-state index contributed by atoms with van der Waals surface area (Å²) in [6.07, 6.45) is 2.88. The van der Waals surface area contributed by atoms with E-state index in [1.54, 1.807) is 18.4 Å². The lowest BCUT2D eigenvalue weighted by molar-refractivity contribution is 0.100. The number of carbonyl (C=O) groups excluding carboxylic acids is 1. The van der Waals surface area contributed by atoms with Gasteiger partial charge in [-0.1, -0.05) is 23.4 Å². The van der Waals surface area contributed by atoms with Crippen molar-refractivity contribution < 1.29 is 13.2 Å². The van der Waals surface area contributed by atoms with E-state index in [-0.39, 0.29) is 21.4 Å². The molecule has 0 saturated heterocycles. The van der Waals surface area contributed by atoms with Crippen LogP contribution >= 0.6 is 23.4 Å². The molecule has 0 aliphatic heterocycles. The Labute approximate surface area is 142 Å². The molecule has 0 radical (unpaired) electrons. The van der Waals surface area contributed by atoms with Crippen LogP contribution in [0.5, 0.6) is 0 Å². The van der Waals surface area contributed by atoms with E-state index in [0.717, 1.165) is 6.26 Å². The molecular weight excluding hydrogens is 360 g/mol. The van der Waals surface area contributed by atoms with Crippen LogP contribution in [0.25, 0.3) is 0 Å². The first kappa shape index (κ1) is 17.5. The molecule has 2 rings (SSSR count). The van der Waals surface area contributed by atoms with Gasteiger partial charge < -0.3 is 11.1 Å². The Morgan fingerprint density at radius 2 is 1.87 bits per heavy atom. The summed E-state index contributed by atoms with van der Waals surface area (Å²) in [6, 6.07) is 5.99. The summed E-state index contributed by atoms with van der Waals surface area (Å²) in [7, 11) is -3.28. The number of nitrogens with two attached hydrogens (primary N) is 1. The van der Waals surface area contributed by atoms with Crippen molar-refractivity contribution in [2.45, 2.75) is 10.1 Å². The van der Waals surface area contributed by atoms with Gasteiger partial charge in [0.2, 0.25) is 0 Å². The number of amides is 1. The number of nitrogens with one attached hydrogen (secondary N) is 1. The SMILES string of the molecule is CSc1nc(Cl)c(C(N)=O)c(Nc2ccc(S(C)(=O)=O)cc2)n1. The minimum Gasteiger partial charge on any atom is -0.365 e. The molecule has 0 bridgehead atoms. The topological polar surface area (TPSA) is 115 Å². The van der Waals surface area contributed by atoms with Crippen molar-refractivity contribution in [1.82, 2.24) is 9.97 Å². The van der Waals surface area contributed by atoms with Crippen molar-refractivity contribution in [1.29, 1.82) is 0 Å². The molecule has 3 N–H and O–H groups in total. The Morgan fingerprint density at radius 1 is 1.26 bits per heavy atom. The van der Waals surface area contributed by atoms with Crippen LogP contribution in [-0.4, -0.2) is 36.8 Å². The number of halogens is 1. The van der Waals surface area contributed by atoms with Gasteiger partial charge in [0.1, 0.15) is 16.5 Å². The first-order chi connectivity index (χ1) is 10.7. The zero-order valence-electron chi connectivity index (χ0n) is 12.2. The van der Waals surface area contributed by atoms with Crippen molar-refractivity contribution in [3.8, 4) is 0 Å². The highest BCUT2D eigenvalue weighted by Gasteiger charge is 2.18. The van der Waals surface area contributed by atoms with Crippen LogP contribution in [0, 0.1) is 0 Å². The summed E-state index contributed by atoms with van der Waals surface area (Å²) >= 11 is 7.23. The summed E-state index contributed by atoms with van der Waals surface area (Å²) in [5.74, 6) is -0.605. The summed E-state index contributed by atoms with van der Waals surface area (Å²) in [5.41, 5.74) is 5.81. The summed E-state index contributed by atoms with van der Waals surface area (Å²) in [6.45, 7) is 0. The Morgan fingerprint density at radius 3 is 2.35 bits per heavy atom. The predicted molar refractivity (Wildman–Crippen MR) is 90.2 cm³/mol. The van der Waals surface area contributed by atoms with Gasteiger partial charge in [0.25, 0.3) is 5.91 Å². The fourth-order valence-electron chi connectivity index (χ4n) is 1.74. The standard InChI is InChI=1S/C13H13ClN4O3S2/c1-22-13-17-10(14)9(11(15)19)12(18-13)16-7-3-5-8(6-4-7)23(2,20)21/h3-6H,1-2H3,(H2,15,19)(H,16,17,18). The van der Waals surface area contributed by atoms with E-state index in [9.17, 15) is 13.2 Å². The van der Waals surface area contributed by atoms with Gasteiger partial charge >= 0.3 is 0 Å². The molecule has 23 heavy (non-hydrogen) atoms. The summed E-state index contributed by atoms with van der Waals surface area (Å²) in [4.78, 5) is 19.9. The highest BCUT2D eigenvalue weighted by molar-refractivity contribution is 7.98. The van der Waals surface area contributed by atoms with E-state index in [1.807, 2.05) is 0 Å². The van der Waals surface area contributed by atoms with Gasteiger partial charge in [0.15, 0.2) is 15.0 Å². The monoisotopic (exact) mass is 372 g/mol. The molecule has 2 aromatic rings. The number of hydrogen-bond acceptors (Lipinski definition) is 7. The van der Waals surface area contributed by atoms with Crippen LogP contribution in [0.4, 0.5) is 11.5 Å². The number of carbonyl (C=O) groups is 1. The maximum Gasteiger partial charge on any atom is 0.255 e. The van der Waals surface area contributed by atoms with Crippen molar-refractivity contribution in [2.24, 2.45) is 5.73 Å². The zero-order chi connectivity index (χ0) is 17.2. The van der Waals surface area contributed by atoms with E-state index in [2.05, 4.69) is 15.3 Å². The van der Waals surface area contributed by atoms with Crippen LogP contribution < -0.4 is 11.1 Å². The van der Waals surface area contributed by atoms with Gasteiger partial charge in [0.05, 0.1) is 4.90 Å². The fourth-order valence-corrected chi connectivity index (χ4v) is 3.04. The molecular formula is C13H13ClN4O3S2. The molecule has 0 unspecified atom stereocenters. The minimum absolute atomic E-state index is 0.0309. The molecule has 1 aromatic carbocycles. The molecule has 0 fully saturated rings. The molecule has 0 aliphatic rings. The summed E-state index contributed by atoms with van der Waals surface area (Å²) < 4.78 is 22.9. The Balaban J connectivity index is 2.43. The number of aromatic nitrogens is 2. The largest absolute Gasteiger partial charge is 0.365 e. The third kappa shape index (κ3) is 4.12. The second-order valence-electron chi connectivity index (χ2n) is 4.51. The molecule has 1 heterocycles. The van der Waals surface area contributed by atoms with Crippen LogP contribution in [0.1, 0.15) is 10.4 Å². The number of sulfone groups is 1. The van der Waals surface area contributed by atoms with Gasteiger partial charge in [-0.15, -0.1) is 0 Å². The van der Waals surface area contributed by atoms with Crippen molar-refractivity contribution >= 4 is 50.6 Å². The van der Waals surface area contributed by atoms with Gasteiger partial charge in [-0.2, -0.15) is 0 Å². The smallest absolute Gasteiger partial charge is 0.255 e. The van der Waals surface area contributed by atoms with E-state index >= 15 is 0 Å². The van der Waals surface area contributed by atoms with E-state index in [4.69, 9.17) is 17.3 Å². The van der Waals surface area contributed by atoms with Gasteiger partial charge in [-0.25, -0.2) is 18.4 Å². The number of rotatable bonds is 5. The molecule has 0 saturated carbocycles. The zero-order valence-corrected chi connectivity index (χ0v) is 14.6. The molecule has 1 aromatic heterocycles. The molecule has 7 nitrogen and oxygen atoms in total. The second-order valence-corrected chi connectivity index (χ2v) is 7.66. The first-order valence-electron chi connectivity index (χ1n) is 6.21. The first-order valence-corrected chi connectivity index (χ1v) is 9.70. The van der Waals surface area contributed by atoms with E-state index in [1.165, 1.54) is 23.9 Å². The lowest BCUT2D eigenvalue weighted by Crippen LogP contribution is -2.16. The fraction of sp³-hybridized carbons (Fsp3) is 0.154. The average molecular weight is 373 g/mol. The number of hydrogen-bond donors (Lipinski definition) is 2. The maximum atomic E-state index is 11.5. The quantitative estimate of drug-likeness (QED) is 0.469. The van der Waals surface area contributed by atoms with Gasteiger partial charge in [0, 0.05) is 11.9 Å². The molecule has 0 spiro atoms. The highest BCUT2D eigenvalue weighted by atomic mass is 35.5. The third-order valence-corrected chi connectivity index (χ3v) is 4.77. The van der Waals surface area contributed by atoms with Crippen LogP contribution in [0.3, 0.4) is 0 Å². The highest BCUT2D eigenvalue weighted by Crippen LogP contribution is 2.27. The van der Waals surface area contributed by atoms with Crippen LogP contribution in [0.15, 0.2) is 34.3 Å². The normalized spacial score (nSPS) is 11.3. The average Bonchev–Trinajstić information content (AvgIpc) is 2.45. The Bertz CT molecular complexity index is 854. The van der Waals surface area contributed by atoms with E-state index in [0.29, 0.717) is 10.8 Å². The predicted octanol–water partition coefficient (Wildman–Crippen LogP) is 2.10. The van der Waals surface area contributed by atoms with Crippen LogP contribution in [-0.2, 0) is 9.84 Å². The number of anilines is 2.